The molecule has 0 aliphatic carbocycles. The van der Waals surface area contributed by atoms with Gasteiger partial charge in [-0.25, -0.2) is 4.79 Å². The third kappa shape index (κ3) is 2.59. The molecule has 18 heavy (non-hydrogen) atoms. The molecule has 0 amide bonds. The molecule has 0 bridgehead atoms. The number of carboxylic acid groups (broad SMARTS) is 1. The smallest absolute Gasteiger partial charge is 0.339 e. The van der Waals surface area contributed by atoms with Crippen LogP contribution in [-0.2, 0) is 4.74 Å². The fraction of sp³-hybridized carbons (Fsp3) is 0.583. The van der Waals surface area contributed by atoms with Gasteiger partial charge in [0.2, 0.25) is 0 Å². The quantitative estimate of drug-likeness (QED) is 0.837. The highest BCUT2D eigenvalue weighted by Gasteiger charge is 2.20. The Morgan fingerprint density at radius 2 is 2.28 bits per heavy atom. The summed E-state index contributed by atoms with van der Waals surface area (Å²) in [5, 5.41) is 20.2. The Morgan fingerprint density at radius 3 is 2.89 bits per heavy atom. The van der Waals surface area contributed by atoms with Gasteiger partial charge in [0, 0.05) is 19.1 Å². The third-order valence-electron chi connectivity index (χ3n) is 3.25. The number of aryl methyl sites for hydroxylation is 1. The number of carbonyl (C=O) groups is 1. The minimum atomic E-state index is -0.976. The second kappa shape index (κ2) is 5.30. The van der Waals surface area contributed by atoms with Crippen LogP contribution in [0.2, 0.25) is 0 Å². The molecular formula is C12H17N3O3. The van der Waals surface area contributed by atoms with Gasteiger partial charge in [-0.3, -0.25) is 0 Å². The molecule has 0 spiro atoms. The van der Waals surface area contributed by atoms with Crippen LogP contribution in [0, 0.1) is 19.8 Å². The van der Waals surface area contributed by atoms with Crippen molar-refractivity contribution in [1.82, 2.24) is 10.2 Å². The number of anilines is 1. The second-order valence-electron chi connectivity index (χ2n) is 4.55. The van der Waals surface area contributed by atoms with Crippen LogP contribution in [-0.4, -0.2) is 41.0 Å². The molecular weight excluding hydrogens is 234 g/mol. The summed E-state index contributed by atoms with van der Waals surface area (Å²) in [6, 6.07) is 0. The number of hydrogen-bond acceptors (Lipinski definition) is 5. The van der Waals surface area contributed by atoms with E-state index in [1.54, 1.807) is 13.8 Å². The van der Waals surface area contributed by atoms with Gasteiger partial charge in [0.25, 0.3) is 0 Å². The number of aromatic carboxylic acids is 1. The van der Waals surface area contributed by atoms with Crippen LogP contribution in [0.1, 0.15) is 28.0 Å². The van der Waals surface area contributed by atoms with E-state index < -0.39 is 5.97 Å². The summed E-state index contributed by atoms with van der Waals surface area (Å²) < 4.78 is 5.27. The fourth-order valence-electron chi connectivity index (χ4n) is 1.98. The summed E-state index contributed by atoms with van der Waals surface area (Å²) in [5.74, 6) is -0.219. The summed E-state index contributed by atoms with van der Waals surface area (Å²) in [7, 11) is 0. The van der Waals surface area contributed by atoms with Crippen molar-refractivity contribution in [3.63, 3.8) is 0 Å². The number of carboxylic acids is 1. The zero-order valence-electron chi connectivity index (χ0n) is 10.6. The Bertz CT molecular complexity index is 456. The molecule has 1 aromatic heterocycles. The number of nitrogens with zero attached hydrogens (tertiary/aromatic N) is 2. The van der Waals surface area contributed by atoms with Crippen molar-refractivity contribution >= 4 is 11.8 Å². The molecule has 1 saturated heterocycles. The molecule has 0 radical (unpaired) electrons. The standard InChI is InChI=1S/C12H17N3O3/c1-7-8(2)14-15-11(10(7)12(16)17)13-5-9-3-4-18-6-9/h9H,3-6H2,1-2H3,(H,13,15)(H,16,17). The first-order valence-corrected chi connectivity index (χ1v) is 5.98. The summed E-state index contributed by atoms with van der Waals surface area (Å²) >= 11 is 0. The van der Waals surface area contributed by atoms with E-state index in [9.17, 15) is 9.90 Å². The average molecular weight is 251 g/mol. The van der Waals surface area contributed by atoms with Crippen LogP contribution < -0.4 is 5.32 Å². The molecule has 0 aromatic carbocycles. The van der Waals surface area contributed by atoms with Gasteiger partial charge >= 0.3 is 5.97 Å². The van der Waals surface area contributed by atoms with E-state index in [1.807, 2.05) is 0 Å². The van der Waals surface area contributed by atoms with E-state index >= 15 is 0 Å². The van der Waals surface area contributed by atoms with E-state index in [0.29, 0.717) is 36.1 Å². The van der Waals surface area contributed by atoms with Crippen LogP contribution in [0.25, 0.3) is 0 Å². The molecule has 6 heteroatoms. The Kier molecular flexibility index (Phi) is 3.76. The van der Waals surface area contributed by atoms with Crippen LogP contribution in [0.5, 0.6) is 0 Å². The molecule has 1 atom stereocenters. The van der Waals surface area contributed by atoms with Gasteiger partial charge in [-0.15, -0.1) is 5.10 Å². The maximum Gasteiger partial charge on any atom is 0.339 e. The van der Waals surface area contributed by atoms with Crippen LogP contribution in [0.15, 0.2) is 0 Å². The number of rotatable bonds is 4. The van der Waals surface area contributed by atoms with Crippen molar-refractivity contribution in [1.29, 1.82) is 0 Å². The Labute approximate surface area is 105 Å². The van der Waals surface area contributed by atoms with Gasteiger partial charge in [0.1, 0.15) is 5.56 Å². The van der Waals surface area contributed by atoms with Crippen molar-refractivity contribution in [3.8, 4) is 0 Å². The lowest BCUT2D eigenvalue weighted by Crippen LogP contribution is -2.18. The maximum absolute atomic E-state index is 11.3. The predicted molar refractivity (Wildman–Crippen MR) is 65.9 cm³/mol. The first kappa shape index (κ1) is 12.8. The zero-order valence-corrected chi connectivity index (χ0v) is 10.6. The van der Waals surface area contributed by atoms with Crippen LogP contribution in [0.4, 0.5) is 5.82 Å². The lowest BCUT2D eigenvalue weighted by Gasteiger charge is -2.13. The zero-order chi connectivity index (χ0) is 13.1. The van der Waals surface area contributed by atoms with E-state index in [1.165, 1.54) is 0 Å². The molecule has 1 aromatic rings. The average Bonchev–Trinajstić information content (AvgIpc) is 2.83. The molecule has 1 unspecified atom stereocenters. The van der Waals surface area contributed by atoms with Crippen LogP contribution >= 0.6 is 0 Å². The number of aromatic nitrogens is 2. The lowest BCUT2D eigenvalue weighted by molar-refractivity contribution is 0.0696. The van der Waals surface area contributed by atoms with Crippen molar-refractivity contribution in [3.05, 3.63) is 16.8 Å². The predicted octanol–water partition coefficient (Wildman–Crippen LogP) is 1.24. The molecule has 2 rings (SSSR count). The van der Waals surface area contributed by atoms with Crippen molar-refractivity contribution in [2.75, 3.05) is 25.1 Å². The monoisotopic (exact) mass is 251 g/mol. The summed E-state index contributed by atoms with van der Waals surface area (Å²) in [6.07, 6.45) is 0.994. The van der Waals surface area contributed by atoms with Crippen molar-refractivity contribution in [2.45, 2.75) is 20.3 Å². The SMILES string of the molecule is Cc1nnc(NCC2CCOC2)c(C(=O)O)c1C. The molecule has 1 aliphatic rings. The third-order valence-corrected chi connectivity index (χ3v) is 3.25. The van der Waals surface area contributed by atoms with E-state index in [2.05, 4.69) is 15.5 Å². The number of ether oxygens (including phenoxy) is 1. The fourth-order valence-corrected chi connectivity index (χ4v) is 1.98. The minimum Gasteiger partial charge on any atom is -0.478 e. The van der Waals surface area contributed by atoms with Crippen molar-refractivity contribution in [2.24, 2.45) is 5.92 Å². The topological polar surface area (TPSA) is 84.3 Å². The van der Waals surface area contributed by atoms with Gasteiger partial charge in [-0.1, -0.05) is 0 Å². The summed E-state index contributed by atoms with van der Waals surface area (Å²) in [5.41, 5.74) is 1.51. The molecule has 2 heterocycles. The molecule has 6 nitrogen and oxygen atoms in total. The highest BCUT2D eigenvalue weighted by molar-refractivity contribution is 5.94. The Hall–Kier alpha value is -1.69. The number of hydrogen-bond donors (Lipinski definition) is 2. The number of nitrogens with one attached hydrogen (secondary N) is 1. The lowest BCUT2D eigenvalue weighted by atomic mass is 10.1. The highest BCUT2D eigenvalue weighted by Crippen LogP contribution is 2.20. The molecule has 1 aliphatic heterocycles. The summed E-state index contributed by atoms with van der Waals surface area (Å²) in [6.45, 7) is 5.66. The maximum atomic E-state index is 11.3. The molecule has 1 fully saturated rings. The van der Waals surface area contributed by atoms with Gasteiger partial charge in [-0.05, 0) is 25.8 Å². The second-order valence-corrected chi connectivity index (χ2v) is 4.55. The van der Waals surface area contributed by atoms with E-state index in [-0.39, 0.29) is 5.56 Å². The van der Waals surface area contributed by atoms with Crippen LogP contribution in [0.3, 0.4) is 0 Å². The molecule has 2 N–H and O–H groups in total. The molecule has 98 valence electrons. The largest absolute Gasteiger partial charge is 0.478 e. The van der Waals surface area contributed by atoms with E-state index in [0.717, 1.165) is 13.0 Å². The first-order valence-electron chi connectivity index (χ1n) is 5.98. The Morgan fingerprint density at radius 1 is 1.50 bits per heavy atom. The highest BCUT2D eigenvalue weighted by atomic mass is 16.5. The van der Waals surface area contributed by atoms with E-state index in [4.69, 9.17) is 4.74 Å². The van der Waals surface area contributed by atoms with Gasteiger partial charge in [-0.2, -0.15) is 5.10 Å². The van der Waals surface area contributed by atoms with Gasteiger partial charge < -0.3 is 15.2 Å². The minimum absolute atomic E-state index is 0.210. The first-order chi connectivity index (χ1) is 8.59. The normalized spacial score (nSPS) is 18.9. The Balaban J connectivity index is 2.16. The molecule has 0 saturated carbocycles. The van der Waals surface area contributed by atoms with Crippen molar-refractivity contribution < 1.29 is 14.6 Å². The van der Waals surface area contributed by atoms with Gasteiger partial charge in [0.05, 0.1) is 12.3 Å². The van der Waals surface area contributed by atoms with Gasteiger partial charge in [0.15, 0.2) is 5.82 Å². The summed E-state index contributed by atoms with van der Waals surface area (Å²) in [4.78, 5) is 11.3.